The molecule has 1 fully saturated rings. The molecule has 19 heavy (non-hydrogen) atoms. The van der Waals surface area contributed by atoms with Crippen LogP contribution < -0.4 is 4.90 Å². The van der Waals surface area contributed by atoms with Crippen LogP contribution in [0.4, 0.5) is 4.79 Å². The van der Waals surface area contributed by atoms with Gasteiger partial charge in [0.2, 0.25) is 0 Å². The molecule has 0 radical (unpaired) electrons. The van der Waals surface area contributed by atoms with Gasteiger partial charge in [-0.2, -0.15) is 0 Å². The lowest BCUT2D eigenvalue weighted by atomic mass is 10.2. The molecule has 0 atom stereocenters. The highest BCUT2D eigenvalue weighted by Crippen LogP contribution is 2.09. The van der Waals surface area contributed by atoms with Crippen LogP contribution >= 0.6 is 11.6 Å². The van der Waals surface area contributed by atoms with Crippen LogP contribution in [-0.2, 0) is 11.3 Å². The maximum atomic E-state index is 11.6. The van der Waals surface area contributed by atoms with Crippen molar-refractivity contribution in [3.63, 3.8) is 0 Å². The fraction of sp³-hybridized carbons (Fsp3) is 0.500. The van der Waals surface area contributed by atoms with Crippen molar-refractivity contribution in [1.82, 2.24) is 4.90 Å². The fourth-order valence-corrected chi connectivity index (χ4v) is 2.55. The van der Waals surface area contributed by atoms with E-state index in [9.17, 15) is 4.79 Å². The molecule has 5 heteroatoms. The summed E-state index contributed by atoms with van der Waals surface area (Å²) in [7, 11) is 0. The van der Waals surface area contributed by atoms with Crippen molar-refractivity contribution >= 4 is 17.7 Å². The molecule has 1 aromatic rings. The van der Waals surface area contributed by atoms with Crippen molar-refractivity contribution in [1.29, 1.82) is 0 Å². The zero-order valence-electron chi connectivity index (χ0n) is 11.2. The smallest absolute Gasteiger partial charge is 0.410 e. The van der Waals surface area contributed by atoms with Gasteiger partial charge in [0.15, 0.2) is 0 Å². The summed E-state index contributed by atoms with van der Waals surface area (Å²) in [6, 6.07) is 7.97. The van der Waals surface area contributed by atoms with Crippen molar-refractivity contribution in [2.45, 2.75) is 13.5 Å². The molecular formula is C14H20ClN2O2+. The summed E-state index contributed by atoms with van der Waals surface area (Å²) in [6.45, 7) is 6.64. The SMILES string of the molecule is CCOC(=O)N1CC[NH+](Cc2cccc(Cl)c2)CC1. The maximum absolute atomic E-state index is 11.6. The summed E-state index contributed by atoms with van der Waals surface area (Å²) in [5.41, 5.74) is 1.24. The lowest BCUT2D eigenvalue weighted by molar-refractivity contribution is -0.917. The number of hydrogen-bond donors (Lipinski definition) is 1. The Morgan fingerprint density at radius 2 is 2.16 bits per heavy atom. The Bertz CT molecular complexity index is 431. The summed E-state index contributed by atoms with van der Waals surface area (Å²) in [6.07, 6.45) is -0.190. The summed E-state index contributed by atoms with van der Waals surface area (Å²) in [5, 5.41) is 0.780. The van der Waals surface area contributed by atoms with Gasteiger partial charge >= 0.3 is 6.09 Å². The number of quaternary nitrogens is 1. The van der Waals surface area contributed by atoms with Crippen LogP contribution in [-0.4, -0.2) is 43.8 Å². The Balaban J connectivity index is 1.82. The standard InChI is InChI=1S/C14H19ClN2O2/c1-2-19-14(18)17-8-6-16(7-9-17)11-12-4-3-5-13(15)10-12/h3-5,10H,2,6-9,11H2,1H3/p+1. The molecule has 1 aromatic carbocycles. The number of hydrogen-bond acceptors (Lipinski definition) is 2. The molecule has 1 saturated heterocycles. The van der Waals surface area contributed by atoms with Crippen molar-refractivity contribution in [2.75, 3.05) is 32.8 Å². The number of nitrogens with zero attached hydrogens (tertiary/aromatic N) is 1. The molecule has 1 aliphatic rings. The minimum atomic E-state index is -0.190. The number of benzene rings is 1. The van der Waals surface area contributed by atoms with Gasteiger partial charge in [-0.3, -0.25) is 4.90 Å². The third kappa shape index (κ3) is 4.11. The van der Waals surface area contributed by atoms with Crippen LogP contribution in [0.1, 0.15) is 12.5 Å². The minimum absolute atomic E-state index is 0.190. The molecule has 0 aromatic heterocycles. The summed E-state index contributed by atoms with van der Waals surface area (Å²) in [5.74, 6) is 0. The molecule has 2 rings (SSSR count). The lowest BCUT2D eigenvalue weighted by Crippen LogP contribution is -3.13. The van der Waals surface area contributed by atoms with Gasteiger partial charge in [-0.25, -0.2) is 4.79 Å². The van der Waals surface area contributed by atoms with Gasteiger partial charge in [-0.1, -0.05) is 23.7 Å². The minimum Gasteiger partial charge on any atom is -0.450 e. The van der Waals surface area contributed by atoms with Crippen LogP contribution in [0.25, 0.3) is 0 Å². The highest BCUT2D eigenvalue weighted by atomic mass is 35.5. The summed E-state index contributed by atoms with van der Waals surface area (Å²) >= 11 is 5.98. The number of halogens is 1. The second kappa shape index (κ2) is 6.78. The Hall–Kier alpha value is -1.26. The molecule has 0 saturated carbocycles. The molecule has 0 spiro atoms. The van der Waals surface area contributed by atoms with Crippen molar-refractivity contribution in [2.24, 2.45) is 0 Å². The third-order valence-electron chi connectivity index (χ3n) is 3.34. The number of ether oxygens (including phenoxy) is 1. The molecule has 1 N–H and O–H groups in total. The first-order chi connectivity index (χ1) is 9.19. The predicted molar refractivity (Wildman–Crippen MR) is 74.4 cm³/mol. The quantitative estimate of drug-likeness (QED) is 0.904. The van der Waals surface area contributed by atoms with E-state index in [1.807, 2.05) is 25.1 Å². The Kier molecular flexibility index (Phi) is 5.05. The van der Waals surface area contributed by atoms with Gasteiger partial charge in [0, 0.05) is 10.6 Å². The lowest BCUT2D eigenvalue weighted by Gasteiger charge is -2.31. The van der Waals surface area contributed by atoms with Gasteiger partial charge < -0.3 is 9.64 Å². The highest BCUT2D eigenvalue weighted by Gasteiger charge is 2.24. The average molecular weight is 284 g/mol. The molecular weight excluding hydrogens is 264 g/mol. The van der Waals surface area contributed by atoms with Crippen LogP contribution in [0.2, 0.25) is 5.02 Å². The number of piperazine rings is 1. The van der Waals surface area contributed by atoms with E-state index < -0.39 is 0 Å². The van der Waals surface area contributed by atoms with E-state index >= 15 is 0 Å². The third-order valence-corrected chi connectivity index (χ3v) is 3.57. The second-order valence-corrected chi connectivity index (χ2v) is 5.18. The zero-order valence-corrected chi connectivity index (χ0v) is 11.9. The molecule has 104 valence electrons. The van der Waals surface area contributed by atoms with E-state index in [1.54, 1.807) is 4.90 Å². The van der Waals surface area contributed by atoms with E-state index in [1.165, 1.54) is 10.5 Å². The number of carbonyl (C=O) groups is 1. The maximum Gasteiger partial charge on any atom is 0.410 e. The number of amides is 1. The normalized spacial score (nSPS) is 16.4. The number of carbonyl (C=O) groups excluding carboxylic acids is 1. The monoisotopic (exact) mass is 283 g/mol. The average Bonchev–Trinajstić information content (AvgIpc) is 2.40. The molecule has 1 amide bonds. The molecule has 0 aliphatic carbocycles. The number of rotatable bonds is 3. The van der Waals surface area contributed by atoms with Crippen LogP contribution in [0.3, 0.4) is 0 Å². The van der Waals surface area contributed by atoms with E-state index in [2.05, 4.69) is 6.07 Å². The van der Waals surface area contributed by atoms with E-state index in [0.717, 1.165) is 37.7 Å². The van der Waals surface area contributed by atoms with Gasteiger partial charge in [-0.05, 0) is 19.1 Å². The van der Waals surface area contributed by atoms with Crippen molar-refractivity contribution in [3.8, 4) is 0 Å². The second-order valence-electron chi connectivity index (χ2n) is 4.74. The van der Waals surface area contributed by atoms with Gasteiger partial charge in [0.05, 0.1) is 32.8 Å². The van der Waals surface area contributed by atoms with E-state index in [4.69, 9.17) is 16.3 Å². The largest absolute Gasteiger partial charge is 0.450 e. The molecule has 4 nitrogen and oxygen atoms in total. The van der Waals surface area contributed by atoms with Crippen molar-refractivity contribution in [3.05, 3.63) is 34.9 Å². The van der Waals surface area contributed by atoms with Gasteiger partial charge in [0.25, 0.3) is 0 Å². The molecule has 1 heterocycles. The van der Waals surface area contributed by atoms with E-state index in [0.29, 0.717) is 6.61 Å². The van der Waals surface area contributed by atoms with E-state index in [-0.39, 0.29) is 6.09 Å². The highest BCUT2D eigenvalue weighted by molar-refractivity contribution is 6.30. The Morgan fingerprint density at radius 3 is 2.79 bits per heavy atom. The van der Waals surface area contributed by atoms with Gasteiger partial charge in [-0.15, -0.1) is 0 Å². The van der Waals surface area contributed by atoms with Crippen LogP contribution in [0, 0.1) is 0 Å². The van der Waals surface area contributed by atoms with Crippen LogP contribution in [0.15, 0.2) is 24.3 Å². The van der Waals surface area contributed by atoms with Gasteiger partial charge in [0.1, 0.15) is 6.54 Å². The predicted octanol–water partition coefficient (Wildman–Crippen LogP) is 1.20. The topological polar surface area (TPSA) is 34.0 Å². The fourth-order valence-electron chi connectivity index (χ4n) is 2.33. The molecule has 0 unspecified atom stereocenters. The molecule has 0 bridgehead atoms. The molecule has 1 aliphatic heterocycles. The Labute approximate surface area is 118 Å². The Morgan fingerprint density at radius 1 is 1.42 bits per heavy atom. The first-order valence-electron chi connectivity index (χ1n) is 6.68. The van der Waals surface area contributed by atoms with Crippen LogP contribution in [0.5, 0.6) is 0 Å². The van der Waals surface area contributed by atoms with Crippen molar-refractivity contribution < 1.29 is 14.4 Å². The zero-order chi connectivity index (χ0) is 13.7. The first kappa shape index (κ1) is 14.2. The summed E-state index contributed by atoms with van der Waals surface area (Å²) in [4.78, 5) is 14.8. The number of nitrogens with one attached hydrogen (secondary N) is 1. The summed E-state index contributed by atoms with van der Waals surface area (Å²) < 4.78 is 5.01. The first-order valence-corrected chi connectivity index (χ1v) is 7.06.